The summed E-state index contributed by atoms with van der Waals surface area (Å²) >= 11 is 1.82. The van der Waals surface area contributed by atoms with Gasteiger partial charge in [0.15, 0.2) is 0 Å². The van der Waals surface area contributed by atoms with Crippen molar-refractivity contribution in [2.24, 2.45) is 0 Å². The van der Waals surface area contributed by atoms with Gasteiger partial charge in [-0.05, 0) is 30.2 Å². The second kappa shape index (κ2) is 8.30. The molecule has 138 valence electrons. The third-order valence-corrected chi connectivity index (χ3v) is 5.89. The summed E-state index contributed by atoms with van der Waals surface area (Å²) in [5.74, 6) is 1.04. The minimum absolute atomic E-state index is 0.519. The van der Waals surface area contributed by atoms with Gasteiger partial charge >= 0.3 is 0 Å². The highest BCUT2D eigenvalue weighted by molar-refractivity contribution is 7.98. The van der Waals surface area contributed by atoms with E-state index < -0.39 is 0 Å². The van der Waals surface area contributed by atoms with E-state index in [0.29, 0.717) is 11.8 Å². The van der Waals surface area contributed by atoms with Crippen molar-refractivity contribution in [3.05, 3.63) is 53.6 Å². The van der Waals surface area contributed by atoms with Crippen LogP contribution < -0.4 is 4.90 Å². The Morgan fingerprint density at radius 2 is 1.58 bits per heavy atom. The van der Waals surface area contributed by atoms with Crippen molar-refractivity contribution in [1.29, 1.82) is 0 Å². The van der Waals surface area contributed by atoms with Gasteiger partial charge in [0.2, 0.25) is 6.34 Å². The average molecular weight is 368 g/mol. The van der Waals surface area contributed by atoms with Crippen molar-refractivity contribution in [3.63, 3.8) is 0 Å². The number of para-hydroxylation sites is 2. The maximum Gasteiger partial charge on any atom is 0.244 e. The van der Waals surface area contributed by atoms with Crippen LogP contribution >= 0.6 is 11.8 Å². The van der Waals surface area contributed by atoms with Crippen molar-refractivity contribution in [1.82, 2.24) is 0 Å². The molecule has 1 heterocycles. The molecular weight excluding hydrogens is 336 g/mol. The van der Waals surface area contributed by atoms with Crippen molar-refractivity contribution < 1.29 is 4.58 Å². The van der Waals surface area contributed by atoms with Gasteiger partial charge < -0.3 is 0 Å². The summed E-state index contributed by atoms with van der Waals surface area (Å²) in [6.45, 7) is 11.4. The Morgan fingerprint density at radius 3 is 2.19 bits per heavy atom. The first-order valence-corrected chi connectivity index (χ1v) is 10.9. The first-order valence-electron chi connectivity index (χ1n) is 9.67. The van der Waals surface area contributed by atoms with Gasteiger partial charge in [0, 0.05) is 17.5 Å². The summed E-state index contributed by atoms with van der Waals surface area (Å²) < 4.78 is 2.49. The number of thioether (sulfide) groups is 1. The fourth-order valence-corrected chi connectivity index (χ4v) is 4.37. The van der Waals surface area contributed by atoms with Crippen LogP contribution in [0.25, 0.3) is 0 Å². The Hall–Kier alpha value is -1.74. The van der Waals surface area contributed by atoms with Gasteiger partial charge in [-0.3, -0.25) is 0 Å². The fourth-order valence-electron chi connectivity index (χ4n) is 3.76. The van der Waals surface area contributed by atoms with E-state index in [0.717, 1.165) is 13.1 Å². The van der Waals surface area contributed by atoms with E-state index in [9.17, 15) is 0 Å². The van der Waals surface area contributed by atoms with Crippen LogP contribution in [0.5, 0.6) is 0 Å². The lowest BCUT2D eigenvalue weighted by Crippen LogP contribution is -2.35. The summed E-state index contributed by atoms with van der Waals surface area (Å²) in [4.78, 5) is 3.77. The number of hydrogen-bond donors (Lipinski definition) is 0. The van der Waals surface area contributed by atoms with E-state index in [1.165, 1.54) is 33.8 Å². The number of anilines is 1. The molecule has 0 unspecified atom stereocenters. The Bertz CT molecular complexity index is 766. The van der Waals surface area contributed by atoms with Crippen molar-refractivity contribution >= 4 is 29.5 Å². The lowest BCUT2D eigenvalue weighted by molar-refractivity contribution is -0.441. The molecule has 0 saturated heterocycles. The van der Waals surface area contributed by atoms with Crippen LogP contribution in [0.2, 0.25) is 0 Å². The van der Waals surface area contributed by atoms with Crippen LogP contribution in [0.15, 0.2) is 47.4 Å². The monoisotopic (exact) mass is 367 g/mol. The van der Waals surface area contributed by atoms with Gasteiger partial charge in [0.25, 0.3) is 0 Å². The molecule has 0 saturated carbocycles. The lowest BCUT2D eigenvalue weighted by Gasteiger charge is -2.25. The third kappa shape index (κ3) is 3.83. The first kappa shape index (κ1) is 19.0. The lowest BCUT2D eigenvalue weighted by atomic mass is 9.92. The van der Waals surface area contributed by atoms with Crippen molar-refractivity contribution in [2.45, 2.75) is 50.8 Å². The van der Waals surface area contributed by atoms with E-state index in [1.54, 1.807) is 0 Å². The molecule has 0 fully saturated rings. The highest BCUT2D eigenvalue weighted by Gasteiger charge is 2.26. The second-order valence-electron chi connectivity index (χ2n) is 7.62. The maximum atomic E-state index is 2.49. The zero-order chi connectivity index (χ0) is 18.7. The first-order chi connectivity index (χ1) is 12.5. The normalized spacial score (nSPS) is 14.9. The maximum absolute atomic E-state index is 2.49. The Balaban J connectivity index is 2.11. The summed E-state index contributed by atoms with van der Waals surface area (Å²) in [6.07, 6.45) is 5.67. The SMILES string of the molecule is CSc1ccccc1N1C=[N+](c2c(C(C)C)cccc2C(C)C)CCC1. The molecular formula is C23H31N2S+. The summed E-state index contributed by atoms with van der Waals surface area (Å²) in [7, 11) is 0. The summed E-state index contributed by atoms with van der Waals surface area (Å²) in [6, 6.07) is 15.5. The van der Waals surface area contributed by atoms with Crippen LogP contribution in [0.3, 0.4) is 0 Å². The zero-order valence-corrected chi connectivity index (χ0v) is 17.5. The topological polar surface area (TPSA) is 6.25 Å². The molecule has 0 N–H and O–H groups in total. The van der Waals surface area contributed by atoms with Crippen molar-refractivity contribution in [3.8, 4) is 0 Å². The van der Waals surface area contributed by atoms with Gasteiger partial charge in [0.05, 0.1) is 18.0 Å². The summed E-state index contributed by atoms with van der Waals surface area (Å²) in [5, 5.41) is 0. The van der Waals surface area contributed by atoms with E-state index in [4.69, 9.17) is 0 Å². The van der Waals surface area contributed by atoms with Crippen molar-refractivity contribution in [2.75, 3.05) is 24.2 Å². The third-order valence-electron chi connectivity index (χ3n) is 5.10. The van der Waals surface area contributed by atoms with Gasteiger partial charge in [-0.15, -0.1) is 11.8 Å². The minimum Gasteiger partial charge on any atom is -0.233 e. The second-order valence-corrected chi connectivity index (χ2v) is 8.47. The molecule has 1 aliphatic heterocycles. The molecule has 0 bridgehead atoms. The fraction of sp³-hybridized carbons (Fsp3) is 0.435. The predicted molar refractivity (Wildman–Crippen MR) is 116 cm³/mol. The molecule has 2 aromatic carbocycles. The minimum atomic E-state index is 0.519. The molecule has 1 aliphatic rings. The molecule has 0 amide bonds. The Morgan fingerprint density at radius 1 is 0.923 bits per heavy atom. The quantitative estimate of drug-likeness (QED) is 0.456. The predicted octanol–water partition coefficient (Wildman–Crippen LogP) is 6.24. The molecule has 0 radical (unpaired) electrons. The van der Waals surface area contributed by atoms with Crippen LogP contribution in [0.1, 0.15) is 57.1 Å². The van der Waals surface area contributed by atoms with Crippen LogP contribution in [0.4, 0.5) is 11.4 Å². The standard InChI is InChI=1S/C23H31N2S/c1-17(2)19-10-8-11-20(18(3)4)23(19)25-15-9-14-24(16-25)21-12-6-7-13-22(21)26-5/h6-8,10-13,16-18H,9,14-15H2,1-5H3/q+1. The van der Waals surface area contributed by atoms with Crippen LogP contribution in [-0.4, -0.2) is 30.3 Å². The van der Waals surface area contributed by atoms with E-state index in [-0.39, 0.29) is 0 Å². The number of benzene rings is 2. The molecule has 0 spiro atoms. The van der Waals surface area contributed by atoms with E-state index in [1.807, 2.05) is 11.8 Å². The van der Waals surface area contributed by atoms with Crippen LogP contribution in [-0.2, 0) is 0 Å². The van der Waals surface area contributed by atoms with Gasteiger partial charge in [-0.1, -0.05) is 58.0 Å². The molecule has 2 aromatic rings. The van der Waals surface area contributed by atoms with E-state index in [2.05, 4.69) is 92.2 Å². The highest BCUT2D eigenvalue weighted by Crippen LogP contribution is 2.36. The van der Waals surface area contributed by atoms with Gasteiger partial charge in [-0.2, -0.15) is 0 Å². The molecule has 26 heavy (non-hydrogen) atoms. The van der Waals surface area contributed by atoms with Gasteiger partial charge in [-0.25, -0.2) is 9.48 Å². The zero-order valence-electron chi connectivity index (χ0n) is 16.7. The largest absolute Gasteiger partial charge is 0.244 e. The average Bonchev–Trinajstić information content (AvgIpc) is 2.67. The molecule has 0 aliphatic carbocycles. The number of rotatable bonds is 5. The number of nitrogens with zero attached hydrogens (tertiary/aromatic N) is 2. The smallest absolute Gasteiger partial charge is 0.233 e. The van der Waals surface area contributed by atoms with Crippen LogP contribution in [0, 0.1) is 0 Å². The van der Waals surface area contributed by atoms with Gasteiger partial charge in [0.1, 0.15) is 11.4 Å². The number of hydrogen-bond acceptors (Lipinski definition) is 2. The molecule has 3 rings (SSSR count). The molecule has 0 atom stereocenters. The Labute approximate surface area is 162 Å². The molecule has 2 nitrogen and oxygen atoms in total. The molecule has 3 heteroatoms. The molecule has 0 aromatic heterocycles. The van der Waals surface area contributed by atoms with E-state index >= 15 is 0 Å². The Kier molecular flexibility index (Phi) is 6.08. The summed E-state index contributed by atoms with van der Waals surface area (Å²) in [5.41, 5.74) is 5.64. The highest BCUT2D eigenvalue weighted by atomic mass is 32.2.